The number of ether oxygens (including phenoxy) is 2. The number of nitrogens with zero attached hydrogens (tertiary/aromatic N) is 2. The molecule has 34 heavy (non-hydrogen) atoms. The van der Waals surface area contributed by atoms with Gasteiger partial charge in [0.2, 0.25) is 21.8 Å². The highest BCUT2D eigenvalue weighted by molar-refractivity contribution is 7.89. The van der Waals surface area contributed by atoms with Crippen LogP contribution in [0.2, 0.25) is 0 Å². The van der Waals surface area contributed by atoms with Crippen LogP contribution in [0.5, 0.6) is 5.75 Å². The zero-order valence-corrected chi connectivity index (χ0v) is 19.9. The zero-order valence-electron chi connectivity index (χ0n) is 19.1. The molecule has 0 spiro atoms. The van der Waals surface area contributed by atoms with Gasteiger partial charge in [-0.2, -0.15) is 4.31 Å². The van der Waals surface area contributed by atoms with E-state index in [0.717, 1.165) is 0 Å². The molecule has 0 aromatic heterocycles. The second-order valence-corrected chi connectivity index (χ2v) is 10.0. The number of anilines is 3. The molecule has 4 rings (SSSR count). The molecule has 2 amide bonds. The van der Waals surface area contributed by atoms with Crippen LogP contribution in [0, 0.1) is 0 Å². The van der Waals surface area contributed by atoms with Gasteiger partial charge in [0.05, 0.1) is 38.2 Å². The van der Waals surface area contributed by atoms with Gasteiger partial charge in [-0.15, -0.1) is 0 Å². The molecule has 0 radical (unpaired) electrons. The summed E-state index contributed by atoms with van der Waals surface area (Å²) in [6.45, 7) is 2.93. The van der Waals surface area contributed by atoms with E-state index in [1.807, 2.05) is 13.0 Å². The summed E-state index contributed by atoms with van der Waals surface area (Å²) in [7, 11) is -2.38. The highest BCUT2D eigenvalue weighted by Crippen LogP contribution is 2.32. The second kappa shape index (κ2) is 10.00. The van der Waals surface area contributed by atoms with Gasteiger partial charge < -0.3 is 25.0 Å². The van der Waals surface area contributed by atoms with Gasteiger partial charge in [0.25, 0.3) is 0 Å². The molecule has 11 heteroatoms. The maximum atomic E-state index is 13.2. The van der Waals surface area contributed by atoms with E-state index in [2.05, 4.69) is 10.6 Å². The summed E-state index contributed by atoms with van der Waals surface area (Å²) in [4.78, 5) is 27.0. The molecule has 1 fully saturated rings. The number of hydrogen-bond donors (Lipinski definition) is 2. The van der Waals surface area contributed by atoms with Crippen molar-refractivity contribution in [2.24, 2.45) is 0 Å². The van der Waals surface area contributed by atoms with Crippen LogP contribution < -0.4 is 20.3 Å². The molecular weight excluding hydrogens is 460 g/mol. The quantitative estimate of drug-likeness (QED) is 0.638. The average molecular weight is 489 g/mol. The van der Waals surface area contributed by atoms with Crippen LogP contribution in [0.1, 0.15) is 13.3 Å². The minimum absolute atomic E-state index is 0.0256. The van der Waals surface area contributed by atoms with Gasteiger partial charge in [-0.05, 0) is 37.3 Å². The Bertz CT molecular complexity index is 1180. The van der Waals surface area contributed by atoms with E-state index in [4.69, 9.17) is 9.47 Å². The van der Waals surface area contributed by atoms with Crippen molar-refractivity contribution in [3.8, 4) is 5.75 Å². The highest BCUT2D eigenvalue weighted by Gasteiger charge is 2.31. The third-order valence-corrected chi connectivity index (χ3v) is 7.74. The predicted octanol–water partition coefficient (Wildman–Crippen LogP) is 1.89. The number of morpholine rings is 1. The SMILES string of the molecule is COc1ccc(NCC(=O)N2c3ccccc3NC(=O)CC2C)cc1S(=O)(=O)N1CCOCC1. The Morgan fingerprint density at radius 1 is 1.21 bits per heavy atom. The van der Waals surface area contributed by atoms with Crippen LogP contribution in [0.3, 0.4) is 0 Å². The molecular formula is C23H28N4O6S. The molecule has 1 unspecified atom stereocenters. The van der Waals surface area contributed by atoms with E-state index in [0.29, 0.717) is 30.3 Å². The fourth-order valence-corrected chi connectivity index (χ4v) is 5.73. The summed E-state index contributed by atoms with van der Waals surface area (Å²) in [6, 6.07) is 11.5. The summed E-state index contributed by atoms with van der Waals surface area (Å²) >= 11 is 0. The van der Waals surface area contributed by atoms with Gasteiger partial charge >= 0.3 is 0 Å². The Hall–Kier alpha value is -3.15. The molecule has 182 valence electrons. The lowest BCUT2D eigenvalue weighted by Crippen LogP contribution is -2.42. The molecule has 2 aliphatic rings. The maximum Gasteiger partial charge on any atom is 0.246 e. The Morgan fingerprint density at radius 2 is 1.94 bits per heavy atom. The van der Waals surface area contributed by atoms with Gasteiger partial charge in [-0.25, -0.2) is 8.42 Å². The smallest absolute Gasteiger partial charge is 0.246 e. The van der Waals surface area contributed by atoms with E-state index in [1.165, 1.54) is 17.5 Å². The zero-order chi connectivity index (χ0) is 24.3. The summed E-state index contributed by atoms with van der Waals surface area (Å²) in [6.07, 6.45) is 0.172. The lowest BCUT2D eigenvalue weighted by Gasteiger charge is -2.28. The van der Waals surface area contributed by atoms with Crippen molar-refractivity contribution in [1.82, 2.24) is 4.31 Å². The maximum absolute atomic E-state index is 13.2. The van der Waals surface area contributed by atoms with Gasteiger partial charge in [-0.1, -0.05) is 12.1 Å². The summed E-state index contributed by atoms with van der Waals surface area (Å²) < 4.78 is 38.3. The molecule has 2 aliphatic heterocycles. The Balaban J connectivity index is 1.55. The summed E-state index contributed by atoms with van der Waals surface area (Å²) in [5.74, 6) is -0.177. The molecule has 2 N–H and O–H groups in total. The Morgan fingerprint density at radius 3 is 2.68 bits per heavy atom. The third-order valence-electron chi connectivity index (χ3n) is 5.82. The monoisotopic (exact) mass is 488 g/mol. The predicted molar refractivity (Wildman–Crippen MR) is 128 cm³/mol. The molecule has 1 atom stereocenters. The van der Waals surface area contributed by atoms with Crippen LogP contribution >= 0.6 is 0 Å². The van der Waals surface area contributed by atoms with E-state index >= 15 is 0 Å². The lowest BCUT2D eigenvalue weighted by atomic mass is 10.1. The molecule has 10 nitrogen and oxygen atoms in total. The van der Waals surface area contributed by atoms with Gasteiger partial charge in [0.1, 0.15) is 10.6 Å². The number of para-hydroxylation sites is 2. The van der Waals surface area contributed by atoms with Crippen molar-refractivity contribution in [3.05, 3.63) is 42.5 Å². The number of rotatable bonds is 6. The number of hydrogen-bond acceptors (Lipinski definition) is 7. The van der Waals surface area contributed by atoms with Crippen molar-refractivity contribution < 1.29 is 27.5 Å². The fraction of sp³-hybridized carbons (Fsp3) is 0.391. The number of carbonyl (C=O) groups excluding carboxylic acids is 2. The highest BCUT2D eigenvalue weighted by atomic mass is 32.2. The van der Waals surface area contributed by atoms with Crippen molar-refractivity contribution in [2.45, 2.75) is 24.3 Å². The molecule has 2 heterocycles. The normalized spacial score (nSPS) is 19.1. The van der Waals surface area contributed by atoms with Crippen LogP contribution in [-0.2, 0) is 24.3 Å². The van der Waals surface area contributed by atoms with Crippen LogP contribution in [0.4, 0.5) is 17.1 Å². The van der Waals surface area contributed by atoms with Gasteiger partial charge in [0.15, 0.2) is 0 Å². The largest absolute Gasteiger partial charge is 0.495 e. The standard InChI is InChI=1S/C23H28N4O6S/c1-16-13-22(28)25-18-5-3-4-6-19(18)27(16)23(29)15-24-17-7-8-20(32-2)21(14-17)34(30,31)26-9-11-33-12-10-26/h3-8,14,16,24H,9-13,15H2,1-2H3,(H,25,28). The van der Waals surface area contributed by atoms with Gasteiger partial charge in [0, 0.05) is 31.2 Å². The fourth-order valence-electron chi connectivity index (χ4n) is 4.14. The average Bonchev–Trinajstić information content (AvgIpc) is 2.97. The summed E-state index contributed by atoms with van der Waals surface area (Å²) in [5.41, 5.74) is 1.66. The van der Waals surface area contributed by atoms with E-state index < -0.39 is 10.0 Å². The van der Waals surface area contributed by atoms with Crippen molar-refractivity contribution >= 4 is 38.9 Å². The summed E-state index contributed by atoms with van der Waals surface area (Å²) in [5, 5.41) is 5.86. The first-order valence-electron chi connectivity index (χ1n) is 11.0. The minimum atomic E-state index is -3.80. The molecule has 2 aromatic carbocycles. The van der Waals surface area contributed by atoms with Crippen molar-refractivity contribution in [2.75, 3.05) is 55.5 Å². The second-order valence-electron chi connectivity index (χ2n) is 8.12. The van der Waals surface area contributed by atoms with Crippen molar-refractivity contribution in [1.29, 1.82) is 0 Å². The molecule has 2 aromatic rings. The van der Waals surface area contributed by atoms with Crippen LogP contribution in [0.25, 0.3) is 0 Å². The number of nitrogens with one attached hydrogen (secondary N) is 2. The third kappa shape index (κ3) is 4.86. The molecule has 0 saturated carbocycles. The number of sulfonamides is 1. The van der Waals surface area contributed by atoms with Crippen LogP contribution in [0.15, 0.2) is 47.4 Å². The number of amides is 2. The Labute approximate surface area is 198 Å². The lowest BCUT2D eigenvalue weighted by molar-refractivity contribution is -0.118. The van der Waals surface area contributed by atoms with E-state index in [1.54, 1.807) is 35.2 Å². The van der Waals surface area contributed by atoms with Crippen LogP contribution in [-0.4, -0.2) is 70.5 Å². The first-order chi connectivity index (χ1) is 16.3. The molecule has 0 aliphatic carbocycles. The molecule has 1 saturated heterocycles. The number of carbonyl (C=O) groups is 2. The minimum Gasteiger partial charge on any atom is -0.495 e. The number of benzene rings is 2. The van der Waals surface area contributed by atoms with Crippen molar-refractivity contribution in [3.63, 3.8) is 0 Å². The first kappa shape index (κ1) is 24.0. The van der Waals surface area contributed by atoms with Gasteiger partial charge in [-0.3, -0.25) is 9.59 Å². The van der Waals surface area contributed by atoms with E-state index in [-0.39, 0.29) is 54.6 Å². The topological polar surface area (TPSA) is 117 Å². The Kier molecular flexibility index (Phi) is 7.05. The molecule has 0 bridgehead atoms. The van der Waals surface area contributed by atoms with E-state index in [9.17, 15) is 18.0 Å². The number of fused-ring (bicyclic) bond motifs is 1. The first-order valence-corrected chi connectivity index (χ1v) is 12.5. The number of methoxy groups -OCH3 is 1.